The molecule has 2 aliphatic rings. The number of carbonyl (C=O) groups is 2. The van der Waals surface area contributed by atoms with Gasteiger partial charge in [-0.1, -0.05) is 12.1 Å². The number of hydrogen-bond donors (Lipinski definition) is 2. The van der Waals surface area contributed by atoms with E-state index < -0.39 is 11.8 Å². The molecule has 2 amide bonds. The normalized spacial score (nSPS) is 16.6. The molecule has 7 nitrogen and oxygen atoms in total. The molecule has 1 atom stereocenters. The second-order valence-electron chi connectivity index (χ2n) is 8.21. The summed E-state index contributed by atoms with van der Waals surface area (Å²) in [6.07, 6.45) is 3.37. The summed E-state index contributed by atoms with van der Waals surface area (Å²) >= 11 is 0. The smallest absolute Gasteiger partial charge is 0.313 e. The topological polar surface area (TPSA) is 73.9 Å². The van der Waals surface area contributed by atoms with Gasteiger partial charge in [-0.15, -0.1) is 0 Å². The van der Waals surface area contributed by atoms with Gasteiger partial charge in [-0.25, -0.2) is 0 Å². The van der Waals surface area contributed by atoms with Crippen LogP contribution in [-0.2, 0) is 16.0 Å². The van der Waals surface area contributed by atoms with Crippen molar-refractivity contribution in [2.24, 2.45) is 0 Å². The van der Waals surface area contributed by atoms with Gasteiger partial charge in [0.2, 0.25) is 0 Å². The minimum atomic E-state index is -0.666. The van der Waals surface area contributed by atoms with Crippen LogP contribution in [-0.4, -0.2) is 57.1 Å². The number of carbonyl (C=O) groups excluding carboxylic acids is 2. The molecule has 0 bridgehead atoms. The summed E-state index contributed by atoms with van der Waals surface area (Å²) in [7, 11) is 3.70. The maximum atomic E-state index is 12.5. The van der Waals surface area contributed by atoms with Crippen LogP contribution in [0.15, 0.2) is 42.5 Å². The van der Waals surface area contributed by atoms with E-state index in [1.54, 1.807) is 31.4 Å². The number of likely N-dealkylation sites (tertiary alicyclic amines) is 1. The fourth-order valence-electron chi connectivity index (χ4n) is 4.44. The second kappa shape index (κ2) is 9.39. The lowest BCUT2D eigenvalue weighted by Crippen LogP contribution is -2.41. The molecule has 2 aromatic carbocycles. The van der Waals surface area contributed by atoms with Crippen LogP contribution >= 0.6 is 0 Å². The first-order chi connectivity index (χ1) is 15.0. The maximum absolute atomic E-state index is 12.5. The minimum absolute atomic E-state index is 0.0662. The monoisotopic (exact) mass is 422 g/mol. The van der Waals surface area contributed by atoms with Crippen molar-refractivity contribution in [3.8, 4) is 5.75 Å². The zero-order valence-corrected chi connectivity index (χ0v) is 18.2. The third-order valence-electron chi connectivity index (χ3n) is 6.21. The van der Waals surface area contributed by atoms with E-state index in [0.717, 1.165) is 38.9 Å². The molecule has 0 saturated carbocycles. The molecular formula is C24H30N4O3. The number of methoxy groups -OCH3 is 1. The highest BCUT2D eigenvalue weighted by Gasteiger charge is 2.27. The number of nitrogens with zero attached hydrogens (tertiary/aromatic N) is 2. The molecule has 0 aromatic heterocycles. The molecule has 2 heterocycles. The Bertz CT molecular complexity index is 938. The molecule has 4 rings (SSSR count). The van der Waals surface area contributed by atoms with Crippen molar-refractivity contribution < 1.29 is 14.3 Å². The van der Waals surface area contributed by atoms with Gasteiger partial charge in [-0.05, 0) is 73.8 Å². The van der Waals surface area contributed by atoms with Gasteiger partial charge in [-0.2, -0.15) is 0 Å². The highest BCUT2D eigenvalue weighted by molar-refractivity contribution is 6.39. The first-order valence-electron chi connectivity index (χ1n) is 10.9. The Morgan fingerprint density at radius 1 is 1.03 bits per heavy atom. The summed E-state index contributed by atoms with van der Waals surface area (Å²) in [6.45, 7) is 3.46. The van der Waals surface area contributed by atoms with Crippen LogP contribution < -0.4 is 20.3 Å². The van der Waals surface area contributed by atoms with Crippen LogP contribution in [0.5, 0.6) is 5.75 Å². The van der Waals surface area contributed by atoms with Crippen LogP contribution in [0.3, 0.4) is 0 Å². The summed E-state index contributed by atoms with van der Waals surface area (Å²) < 4.78 is 5.11. The predicted molar refractivity (Wildman–Crippen MR) is 122 cm³/mol. The quantitative estimate of drug-likeness (QED) is 0.700. The SMILES string of the molecule is COc1ccc(NC(=O)C(=O)NC[C@H](c2ccc3c(c2)CCN3C)N2CCCC2)cc1. The molecule has 0 spiro atoms. The molecule has 0 unspecified atom stereocenters. The summed E-state index contributed by atoms with van der Waals surface area (Å²) in [5.74, 6) is -0.599. The Morgan fingerprint density at radius 3 is 2.48 bits per heavy atom. The fourth-order valence-corrected chi connectivity index (χ4v) is 4.44. The van der Waals surface area contributed by atoms with Gasteiger partial charge in [0.05, 0.1) is 13.2 Å². The highest BCUT2D eigenvalue weighted by Crippen LogP contribution is 2.32. The van der Waals surface area contributed by atoms with Gasteiger partial charge in [0.1, 0.15) is 5.75 Å². The van der Waals surface area contributed by atoms with Gasteiger partial charge in [0, 0.05) is 31.5 Å². The van der Waals surface area contributed by atoms with Gasteiger partial charge in [0.25, 0.3) is 0 Å². The Kier molecular flexibility index (Phi) is 6.42. The second-order valence-corrected chi connectivity index (χ2v) is 8.21. The van der Waals surface area contributed by atoms with Crippen LogP contribution in [0.1, 0.15) is 30.0 Å². The lowest BCUT2D eigenvalue weighted by atomic mass is 10.0. The zero-order chi connectivity index (χ0) is 21.8. The van der Waals surface area contributed by atoms with E-state index >= 15 is 0 Å². The molecule has 7 heteroatoms. The number of fused-ring (bicyclic) bond motifs is 1. The zero-order valence-electron chi connectivity index (χ0n) is 18.2. The molecule has 31 heavy (non-hydrogen) atoms. The predicted octanol–water partition coefficient (Wildman–Crippen LogP) is 2.58. The number of benzene rings is 2. The van der Waals surface area contributed by atoms with Crippen molar-refractivity contribution >= 4 is 23.2 Å². The third-order valence-corrected chi connectivity index (χ3v) is 6.21. The average molecular weight is 423 g/mol. The largest absolute Gasteiger partial charge is 0.497 e. The van der Waals surface area contributed by atoms with Crippen molar-refractivity contribution in [1.29, 1.82) is 0 Å². The molecule has 0 aliphatic carbocycles. The van der Waals surface area contributed by atoms with E-state index in [2.05, 4.69) is 45.7 Å². The van der Waals surface area contributed by atoms with Crippen LogP contribution in [0, 0.1) is 0 Å². The number of rotatable bonds is 6. The van der Waals surface area contributed by atoms with Crippen molar-refractivity contribution in [3.05, 3.63) is 53.6 Å². The first-order valence-corrected chi connectivity index (χ1v) is 10.9. The Morgan fingerprint density at radius 2 is 1.77 bits per heavy atom. The van der Waals surface area contributed by atoms with E-state index in [1.165, 1.54) is 16.8 Å². The minimum Gasteiger partial charge on any atom is -0.497 e. The van der Waals surface area contributed by atoms with Crippen molar-refractivity contribution in [3.63, 3.8) is 0 Å². The number of ether oxygens (including phenoxy) is 1. The lowest BCUT2D eigenvalue weighted by Gasteiger charge is -2.28. The van der Waals surface area contributed by atoms with Crippen LogP contribution in [0.25, 0.3) is 0 Å². The van der Waals surface area contributed by atoms with Crippen molar-refractivity contribution in [2.75, 3.05) is 50.6 Å². The summed E-state index contributed by atoms with van der Waals surface area (Å²) in [4.78, 5) is 29.5. The molecule has 164 valence electrons. The average Bonchev–Trinajstić information content (AvgIpc) is 3.44. The van der Waals surface area contributed by atoms with E-state index in [9.17, 15) is 9.59 Å². The van der Waals surface area contributed by atoms with E-state index in [0.29, 0.717) is 18.0 Å². The molecule has 1 fully saturated rings. The summed E-state index contributed by atoms with van der Waals surface area (Å²) in [6, 6.07) is 13.6. The molecule has 2 aromatic rings. The first kappa shape index (κ1) is 21.2. The highest BCUT2D eigenvalue weighted by atomic mass is 16.5. The number of amides is 2. The number of anilines is 2. The standard InChI is InChI=1S/C24H30N4O3/c1-27-14-11-18-15-17(5-10-21(18)27)22(28-12-3-4-13-28)16-25-23(29)24(30)26-19-6-8-20(31-2)9-7-19/h5-10,15,22H,3-4,11-14,16H2,1-2H3,(H,25,29)(H,26,30)/t22-/m1/s1. The Labute approximate surface area is 183 Å². The summed E-state index contributed by atoms with van der Waals surface area (Å²) in [5.41, 5.74) is 4.39. The van der Waals surface area contributed by atoms with E-state index in [1.807, 2.05) is 0 Å². The summed E-state index contributed by atoms with van der Waals surface area (Å²) in [5, 5.41) is 5.49. The van der Waals surface area contributed by atoms with Gasteiger partial charge in [0.15, 0.2) is 0 Å². The van der Waals surface area contributed by atoms with E-state index in [-0.39, 0.29) is 6.04 Å². The third kappa shape index (κ3) is 4.82. The van der Waals surface area contributed by atoms with Crippen molar-refractivity contribution in [2.45, 2.75) is 25.3 Å². The van der Waals surface area contributed by atoms with E-state index in [4.69, 9.17) is 4.74 Å². The van der Waals surface area contributed by atoms with Gasteiger partial charge < -0.3 is 20.3 Å². The Hall–Kier alpha value is -3.06. The van der Waals surface area contributed by atoms with Crippen molar-refractivity contribution in [1.82, 2.24) is 10.2 Å². The van der Waals surface area contributed by atoms with Crippen LogP contribution in [0.4, 0.5) is 11.4 Å². The lowest BCUT2D eigenvalue weighted by molar-refractivity contribution is -0.136. The van der Waals surface area contributed by atoms with Crippen LogP contribution in [0.2, 0.25) is 0 Å². The number of likely N-dealkylation sites (N-methyl/N-ethyl adjacent to an activating group) is 1. The molecular weight excluding hydrogens is 392 g/mol. The molecule has 1 saturated heterocycles. The maximum Gasteiger partial charge on any atom is 0.313 e. The molecule has 2 aliphatic heterocycles. The number of hydrogen-bond acceptors (Lipinski definition) is 5. The van der Waals surface area contributed by atoms with Gasteiger partial charge >= 0.3 is 11.8 Å². The fraction of sp³-hybridized carbons (Fsp3) is 0.417. The van der Waals surface area contributed by atoms with Gasteiger partial charge in [-0.3, -0.25) is 14.5 Å². The molecule has 0 radical (unpaired) electrons. The Balaban J connectivity index is 1.41. The number of nitrogens with one attached hydrogen (secondary N) is 2. The molecule has 2 N–H and O–H groups in total.